The van der Waals surface area contributed by atoms with E-state index in [-0.39, 0.29) is 30.0 Å². The Morgan fingerprint density at radius 1 is 1.40 bits per heavy atom. The number of nitrogens with zero attached hydrogens (tertiary/aromatic N) is 1. The van der Waals surface area contributed by atoms with Crippen LogP contribution in [0.4, 0.5) is 0 Å². The molecule has 0 saturated carbocycles. The molecule has 0 bridgehead atoms. The van der Waals surface area contributed by atoms with Crippen molar-refractivity contribution in [3.8, 4) is 0 Å². The minimum atomic E-state index is -0.388. The van der Waals surface area contributed by atoms with Gasteiger partial charge in [0, 0.05) is 25.7 Å². The van der Waals surface area contributed by atoms with Crippen molar-refractivity contribution in [3.63, 3.8) is 0 Å². The van der Waals surface area contributed by atoms with Crippen molar-refractivity contribution in [2.45, 2.75) is 52.2 Å². The van der Waals surface area contributed by atoms with E-state index in [0.717, 1.165) is 13.0 Å². The van der Waals surface area contributed by atoms with Gasteiger partial charge < -0.3 is 15.4 Å². The van der Waals surface area contributed by atoms with Crippen LogP contribution in [0.15, 0.2) is 0 Å². The maximum absolute atomic E-state index is 12.2. The van der Waals surface area contributed by atoms with Crippen LogP contribution in [0.1, 0.15) is 34.1 Å². The fourth-order valence-corrected chi connectivity index (χ4v) is 2.26. The quantitative estimate of drug-likeness (QED) is 0.679. The number of ether oxygens (including phenoxy) is 1. The molecule has 1 aliphatic rings. The fraction of sp³-hybridized carbons (Fsp3) is 0.857. The zero-order chi connectivity index (χ0) is 15.1. The van der Waals surface area contributed by atoms with Crippen LogP contribution in [0, 0.1) is 0 Å². The summed E-state index contributed by atoms with van der Waals surface area (Å²) in [6.07, 6.45) is 0.890. The Hall–Kier alpha value is -1.14. The highest BCUT2D eigenvalue weighted by atomic mass is 16.5. The summed E-state index contributed by atoms with van der Waals surface area (Å²) in [6, 6.07) is -0.573. The van der Waals surface area contributed by atoms with E-state index >= 15 is 0 Å². The first-order chi connectivity index (χ1) is 9.51. The van der Waals surface area contributed by atoms with Gasteiger partial charge in [-0.1, -0.05) is 6.92 Å². The summed E-state index contributed by atoms with van der Waals surface area (Å²) in [7, 11) is 0. The van der Waals surface area contributed by atoms with Gasteiger partial charge in [-0.15, -0.1) is 0 Å². The summed E-state index contributed by atoms with van der Waals surface area (Å²) in [6.45, 7) is 9.96. The van der Waals surface area contributed by atoms with Crippen molar-refractivity contribution in [3.05, 3.63) is 0 Å². The maximum Gasteiger partial charge on any atom is 0.324 e. The predicted octanol–water partition coefficient (Wildman–Crippen LogP) is 0.127. The molecule has 0 aliphatic carbocycles. The third-order valence-electron chi connectivity index (χ3n) is 3.72. The molecular formula is C14H27N3O3. The van der Waals surface area contributed by atoms with Gasteiger partial charge in [0.05, 0.1) is 12.6 Å². The smallest absolute Gasteiger partial charge is 0.324 e. The standard InChI is InChI=1S/C14H27N3O3/c1-5-10(3)16-13(18)11(4)17-8-7-15-9-12(17)14(19)20-6-2/h10-12,15H,5-9H2,1-4H3,(H,16,18). The molecule has 6 heteroatoms. The molecule has 0 aromatic rings. The Balaban J connectivity index is 2.68. The number of nitrogens with one attached hydrogen (secondary N) is 2. The molecule has 6 nitrogen and oxygen atoms in total. The monoisotopic (exact) mass is 285 g/mol. The molecule has 0 spiro atoms. The number of rotatable bonds is 6. The lowest BCUT2D eigenvalue weighted by molar-refractivity contribution is -0.152. The van der Waals surface area contributed by atoms with Gasteiger partial charge in [0.15, 0.2) is 0 Å². The van der Waals surface area contributed by atoms with Crippen LogP contribution in [0.3, 0.4) is 0 Å². The summed E-state index contributed by atoms with van der Waals surface area (Å²) in [5, 5.41) is 6.14. The van der Waals surface area contributed by atoms with Crippen molar-refractivity contribution in [1.82, 2.24) is 15.5 Å². The third-order valence-corrected chi connectivity index (χ3v) is 3.72. The third kappa shape index (κ3) is 4.45. The lowest BCUT2D eigenvalue weighted by atomic mass is 10.1. The van der Waals surface area contributed by atoms with Crippen molar-refractivity contribution in [2.75, 3.05) is 26.2 Å². The Bertz CT molecular complexity index is 336. The van der Waals surface area contributed by atoms with Gasteiger partial charge in [0.25, 0.3) is 0 Å². The average Bonchev–Trinajstić information content (AvgIpc) is 2.46. The molecule has 1 rings (SSSR count). The summed E-state index contributed by atoms with van der Waals surface area (Å²) >= 11 is 0. The van der Waals surface area contributed by atoms with Crippen molar-refractivity contribution in [1.29, 1.82) is 0 Å². The second-order valence-electron chi connectivity index (χ2n) is 5.20. The van der Waals surface area contributed by atoms with Crippen molar-refractivity contribution >= 4 is 11.9 Å². The first-order valence-electron chi connectivity index (χ1n) is 7.44. The van der Waals surface area contributed by atoms with Gasteiger partial charge in [0.1, 0.15) is 6.04 Å². The predicted molar refractivity (Wildman–Crippen MR) is 77.4 cm³/mol. The van der Waals surface area contributed by atoms with E-state index in [1.807, 2.05) is 25.7 Å². The molecule has 0 aromatic carbocycles. The summed E-state index contributed by atoms with van der Waals surface area (Å²) < 4.78 is 5.09. The first-order valence-corrected chi connectivity index (χ1v) is 7.44. The van der Waals surface area contributed by atoms with Crippen molar-refractivity contribution < 1.29 is 14.3 Å². The molecule has 2 N–H and O–H groups in total. The van der Waals surface area contributed by atoms with Crippen LogP contribution in [-0.2, 0) is 14.3 Å². The lowest BCUT2D eigenvalue weighted by Crippen LogP contribution is -2.61. The molecule has 3 unspecified atom stereocenters. The van der Waals surface area contributed by atoms with Gasteiger partial charge in [-0.2, -0.15) is 0 Å². The summed E-state index contributed by atoms with van der Waals surface area (Å²) in [4.78, 5) is 26.1. The minimum absolute atomic E-state index is 0.0319. The second-order valence-corrected chi connectivity index (χ2v) is 5.20. The summed E-state index contributed by atoms with van der Waals surface area (Å²) in [5.41, 5.74) is 0. The molecule has 116 valence electrons. The number of carbonyl (C=O) groups excluding carboxylic acids is 2. The molecule has 1 saturated heterocycles. The Morgan fingerprint density at radius 3 is 2.70 bits per heavy atom. The second kappa shape index (κ2) is 8.21. The van der Waals surface area contributed by atoms with Crippen LogP contribution in [0.2, 0.25) is 0 Å². The van der Waals surface area contributed by atoms with Crippen LogP contribution in [-0.4, -0.2) is 61.1 Å². The molecule has 0 radical (unpaired) electrons. The molecule has 0 aromatic heterocycles. The van der Waals surface area contributed by atoms with Gasteiger partial charge in [-0.25, -0.2) is 0 Å². The van der Waals surface area contributed by atoms with Crippen LogP contribution in [0.25, 0.3) is 0 Å². The van der Waals surface area contributed by atoms with E-state index < -0.39 is 0 Å². The molecule has 1 aliphatic heterocycles. The van der Waals surface area contributed by atoms with E-state index in [4.69, 9.17) is 4.74 Å². The topological polar surface area (TPSA) is 70.7 Å². The molecule has 3 atom stereocenters. The lowest BCUT2D eigenvalue weighted by Gasteiger charge is -2.38. The number of hydrogen-bond acceptors (Lipinski definition) is 5. The highest BCUT2D eigenvalue weighted by Crippen LogP contribution is 2.11. The normalized spacial score (nSPS) is 22.9. The Labute approximate surface area is 121 Å². The number of amides is 1. The van der Waals surface area contributed by atoms with E-state index in [1.54, 1.807) is 6.92 Å². The number of esters is 1. The van der Waals surface area contributed by atoms with E-state index in [0.29, 0.717) is 19.7 Å². The summed E-state index contributed by atoms with van der Waals surface area (Å²) in [5.74, 6) is -0.293. The molecule has 1 fully saturated rings. The largest absolute Gasteiger partial charge is 0.465 e. The molecular weight excluding hydrogens is 258 g/mol. The fourth-order valence-electron chi connectivity index (χ4n) is 2.26. The zero-order valence-corrected chi connectivity index (χ0v) is 12.9. The highest BCUT2D eigenvalue weighted by Gasteiger charge is 2.35. The molecule has 20 heavy (non-hydrogen) atoms. The zero-order valence-electron chi connectivity index (χ0n) is 12.9. The van der Waals surface area contributed by atoms with E-state index in [9.17, 15) is 9.59 Å². The Kier molecular flexibility index (Phi) is 6.95. The first kappa shape index (κ1) is 16.9. The van der Waals surface area contributed by atoms with Gasteiger partial charge >= 0.3 is 5.97 Å². The molecule has 1 amide bonds. The van der Waals surface area contributed by atoms with Gasteiger partial charge in [0.2, 0.25) is 5.91 Å². The Morgan fingerprint density at radius 2 is 2.10 bits per heavy atom. The van der Waals surface area contributed by atoms with Crippen LogP contribution < -0.4 is 10.6 Å². The molecule has 1 heterocycles. The SMILES string of the molecule is CCOC(=O)C1CNCCN1C(C)C(=O)NC(C)CC. The van der Waals surface area contributed by atoms with Crippen LogP contribution in [0.5, 0.6) is 0 Å². The van der Waals surface area contributed by atoms with Crippen LogP contribution >= 0.6 is 0 Å². The number of hydrogen-bond donors (Lipinski definition) is 2. The average molecular weight is 285 g/mol. The number of carbonyl (C=O) groups is 2. The minimum Gasteiger partial charge on any atom is -0.465 e. The van der Waals surface area contributed by atoms with Gasteiger partial charge in [-0.3, -0.25) is 14.5 Å². The van der Waals surface area contributed by atoms with Crippen molar-refractivity contribution in [2.24, 2.45) is 0 Å². The number of piperazine rings is 1. The van der Waals surface area contributed by atoms with E-state index in [1.165, 1.54) is 0 Å². The highest BCUT2D eigenvalue weighted by molar-refractivity contribution is 5.83. The maximum atomic E-state index is 12.2. The van der Waals surface area contributed by atoms with Gasteiger partial charge in [-0.05, 0) is 27.2 Å². The van der Waals surface area contributed by atoms with E-state index in [2.05, 4.69) is 10.6 Å².